The quantitative estimate of drug-likeness (QED) is 0.900. The van der Waals surface area contributed by atoms with E-state index in [1.807, 2.05) is 13.0 Å². The second kappa shape index (κ2) is 7.23. The van der Waals surface area contributed by atoms with E-state index in [1.54, 1.807) is 6.07 Å². The zero-order valence-corrected chi connectivity index (χ0v) is 13.7. The van der Waals surface area contributed by atoms with Crippen molar-refractivity contribution in [3.8, 4) is 0 Å². The summed E-state index contributed by atoms with van der Waals surface area (Å²) in [6.07, 6.45) is 0. The number of rotatable bonds is 5. The van der Waals surface area contributed by atoms with Crippen molar-refractivity contribution in [2.24, 2.45) is 0 Å². The molecule has 4 heteroatoms. The van der Waals surface area contributed by atoms with E-state index in [9.17, 15) is 4.39 Å². The van der Waals surface area contributed by atoms with E-state index in [4.69, 9.17) is 0 Å². The first-order chi connectivity index (χ1) is 10.1. The largest absolute Gasteiger partial charge is 0.368 e. The third-order valence-corrected chi connectivity index (χ3v) is 4.49. The average Bonchev–Trinajstić information content (AvgIpc) is 2.47. The molecule has 2 rings (SSSR count). The van der Waals surface area contributed by atoms with Crippen LogP contribution in [0.25, 0.3) is 0 Å². The summed E-state index contributed by atoms with van der Waals surface area (Å²) in [6.45, 7) is 13.4. The van der Waals surface area contributed by atoms with Gasteiger partial charge in [-0.25, -0.2) is 4.39 Å². The molecule has 2 atom stereocenters. The Bertz CT molecular complexity index is 463. The van der Waals surface area contributed by atoms with Gasteiger partial charge in [0.05, 0.1) is 0 Å². The molecule has 2 unspecified atom stereocenters. The Balaban J connectivity index is 2.25. The maximum absolute atomic E-state index is 14.3. The highest BCUT2D eigenvalue weighted by Crippen LogP contribution is 2.30. The van der Waals surface area contributed by atoms with Gasteiger partial charge in [0.1, 0.15) is 5.82 Å². The SMILES string of the molecule is CCNC(C)c1c(F)cccc1N1CCN(CC)C(C)C1. The van der Waals surface area contributed by atoms with Crippen LogP contribution in [0.5, 0.6) is 0 Å². The molecule has 1 heterocycles. The first-order valence-electron chi connectivity index (χ1n) is 8.09. The first kappa shape index (κ1) is 16.2. The van der Waals surface area contributed by atoms with E-state index in [-0.39, 0.29) is 11.9 Å². The topological polar surface area (TPSA) is 18.5 Å². The fourth-order valence-corrected chi connectivity index (χ4v) is 3.32. The zero-order valence-electron chi connectivity index (χ0n) is 13.7. The Morgan fingerprint density at radius 2 is 2.10 bits per heavy atom. The molecular weight excluding hydrogens is 265 g/mol. The molecule has 1 saturated heterocycles. The molecule has 1 aromatic rings. The summed E-state index contributed by atoms with van der Waals surface area (Å²) in [5.41, 5.74) is 1.85. The highest BCUT2D eigenvalue weighted by molar-refractivity contribution is 5.56. The Hall–Kier alpha value is -1.13. The van der Waals surface area contributed by atoms with Crippen molar-refractivity contribution in [3.63, 3.8) is 0 Å². The van der Waals surface area contributed by atoms with Crippen LogP contribution in [0.1, 0.15) is 39.3 Å². The van der Waals surface area contributed by atoms with E-state index in [0.717, 1.165) is 44.0 Å². The van der Waals surface area contributed by atoms with Gasteiger partial charge in [-0.15, -0.1) is 0 Å². The molecule has 118 valence electrons. The van der Waals surface area contributed by atoms with Crippen LogP contribution >= 0.6 is 0 Å². The van der Waals surface area contributed by atoms with Crippen molar-refractivity contribution in [2.45, 2.75) is 39.8 Å². The zero-order chi connectivity index (χ0) is 15.4. The molecule has 0 aromatic heterocycles. The number of benzene rings is 1. The minimum absolute atomic E-state index is 0.0331. The van der Waals surface area contributed by atoms with Crippen LogP contribution in [0.3, 0.4) is 0 Å². The number of nitrogens with zero attached hydrogens (tertiary/aromatic N) is 2. The van der Waals surface area contributed by atoms with Crippen molar-refractivity contribution in [1.82, 2.24) is 10.2 Å². The minimum atomic E-state index is -0.105. The van der Waals surface area contributed by atoms with Crippen LogP contribution < -0.4 is 10.2 Å². The van der Waals surface area contributed by atoms with Gasteiger partial charge in [0.15, 0.2) is 0 Å². The molecule has 1 aromatic carbocycles. The summed E-state index contributed by atoms with van der Waals surface area (Å²) in [6, 6.07) is 5.99. The van der Waals surface area contributed by atoms with Gasteiger partial charge in [-0.05, 0) is 39.1 Å². The number of hydrogen-bond acceptors (Lipinski definition) is 3. The second-order valence-corrected chi connectivity index (χ2v) is 5.88. The van der Waals surface area contributed by atoms with Crippen molar-refractivity contribution in [3.05, 3.63) is 29.6 Å². The van der Waals surface area contributed by atoms with Gasteiger partial charge in [-0.3, -0.25) is 4.90 Å². The summed E-state index contributed by atoms with van der Waals surface area (Å²) in [7, 11) is 0. The van der Waals surface area contributed by atoms with E-state index in [1.165, 1.54) is 0 Å². The van der Waals surface area contributed by atoms with Gasteiger partial charge in [0.25, 0.3) is 0 Å². The number of anilines is 1. The lowest BCUT2D eigenvalue weighted by Gasteiger charge is -2.41. The predicted molar refractivity (Wildman–Crippen MR) is 87.4 cm³/mol. The number of hydrogen-bond donors (Lipinski definition) is 1. The third-order valence-electron chi connectivity index (χ3n) is 4.49. The maximum Gasteiger partial charge on any atom is 0.130 e. The van der Waals surface area contributed by atoms with Crippen molar-refractivity contribution < 1.29 is 4.39 Å². The fourth-order valence-electron chi connectivity index (χ4n) is 3.32. The van der Waals surface area contributed by atoms with Gasteiger partial charge in [0, 0.05) is 43.0 Å². The normalized spacial score (nSPS) is 21.6. The van der Waals surface area contributed by atoms with Crippen LogP contribution in [-0.4, -0.2) is 43.7 Å². The van der Waals surface area contributed by atoms with Crippen LogP contribution in [0.15, 0.2) is 18.2 Å². The number of piperazine rings is 1. The second-order valence-electron chi connectivity index (χ2n) is 5.88. The molecule has 0 spiro atoms. The smallest absolute Gasteiger partial charge is 0.130 e. The highest BCUT2D eigenvalue weighted by Gasteiger charge is 2.26. The summed E-state index contributed by atoms with van der Waals surface area (Å²) in [5, 5.41) is 3.34. The average molecular weight is 293 g/mol. The lowest BCUT2D eigenvalue weighted by atomic mass is 10.0. The molecular formula is C17H28FN3. The van der Waals surface area contributed by atoms with Gasteiger partial charge in [-0.1, -0.05) is 19.9 Å². The lowest BCUT2D eigenvalue weighted by Crippen LogP contribution is -2.52. The Morgan fingerprint density at radius 3 is 2.71 bits per heavy atom. The molecule has 0 radical (unpaired) electrons. The molecule has 1 fully saturated rings. The summed E-state index contributed by atoms with van der Waals surface area (Å²) in [4.78, 5) is 4.81. The van der Waals surface area contributed by atoms with Crippen LogP contribution in [0.2, 0.25) is 0 Å². The first-order valence-corrected chi connectivity index (χ1v) is 8.09. The Kier molecular flexibility index (Phi) is 5.59. The number of nitrogens with one attached hydrogen (secondary N) is 1. The molecule has 0 bridgehead atoms. The van der Waals surface area contributed by atoms with Gasteiger partial charge < -0.3 is 10.2 Å². The van der Waals surface area contributed by atoms with E-state index < -0.39 is 0 Å². The standard InChI is InChI=1S/C17H28FN3/c1-5-19-14(4)17-15(18)8-7-9-16(17)21-11-10-20(6-2)13(3)12-21/h7-9,13-14,19H,5-6,10-12H2,1-4H3. The molecule has 0 saturated carbocycles. The summed E-state index contributed by atoms with van der Waals surface area (Å²) in [5.74, 6) is -0.105. The molecule has 1 N–H and O–H groups in total. The van der Waals surface area contributed by atoms with Gasteiger partial charge >= 0.3 is 0 Å². The fraction of sp³-hybridized carbons (Fsp3) is 0.647. The number of likely N-dealkylation sites (N-methyl/N-ethyl adjacent to an activating group) is 1. The summed E-state index contributed by atoms with van der Waals surface area (Å²) >= 11 is 0. The van der Waals surface area contributed by atoms with Crippen LogP contribution in [0, 0.1) is 5.82 Å². The number of halogens is 1. The van der Waals surface area contributed by atoms with Crippen LogP contribution in [-0.2, 0) is 0 Å². The van der Waals surface area contributed by atoms with E-state index in [0.29, 0.717) is 6.04 Å². The van der Waals surface area contributed by atoms with Crippen molar-refractivity contribution in [1.29, 1.82) is 0 Å². The highest BCUT2D eigenvalue weighted by atomic mass is 19.1. The van der Waals surface area contributed by atoms with Crippen molar-refractivity contribution >= 4 is 5.69 Å². The molecule has 3 nitrogen and oxygen atoms in total. The third kappa shape index (κ3) is 3.55. The van der Waals surface area contributed by atoms with Crippen molar-refractivity contribution in [2.75, 3.05) is 37.6 Å². The molecule has 0 amide bonds. The van der Waals surface area contributed by atoms with E-state index >= 15 is 0 Å². The minimum Gasteiger partial charge on any atom is -0.368 e. The predicted octanol–water partition coefficient (Wildman–Crippen LogP) is 3.03. The summed E-state index contributed by atoms with van der Waals surface area (Å²) < 4.78 is 14.3. The molecule has 1 aliphatic heterocycles. The van der Waals surface area contributed by atoms with Gasteiger partial charge in [0.2, 0.25) is 0 Å². The van der Waals surface area contributed by atoms with Crippen LogP contribution in [0.4, 0.5) is 10.1 Å². The molecule has 21 heavy (non-hydrogen) atoms. The van der Waals surface area contributed by atoms with Gasteiger partial charge in [-0.2, -0.15) is 0 Å². The Labute approximate surface area is 128 Å². The maximum atomic E-state index is 14.3. The monoisotopic (exact) mass is 293 g/mol. The van der Waals surface area contributed by atoms with E-state index in [2.05, 4.69) is 42.0 Å². The Morgan fingerprint density at radius 1 is 1.33 bits per heavy atom. The lowest BCUT2D eigenvalue weighted by molar-refractivity contribution is 0.199. The molecule has 0 aliphatic carbocycles. The molecule has 1 aliphatic rings.